The first-order chi connectivity index (χ1) is 14.1. The van der Waals surface area contributed by atoms with Crippen LogP contribution in [-0.2, 0) is 6.42 Å². The molecule has 4 rings (SSSR count). The predicted molar refractivity (Wildman–Crippen MR) is 109 cm³/mol. The molecule has 2 aromatic heterocycles. The molecule has 0 radical (unpaired) electrons. The molecule has 1 aromatic carbocycles. The minimum Gasteiger partial charge on any atom is -0.466 e. The molecular formula is C21H23N5O4. The number of fused-ring (bicyclic) bond motifs is 1. The number of nitro benzene ring substituents is 1. The molecular weight excluding hydrogens is 386 g/mol. The first kappa shape index (κ1) is 19.8. The van der Waals surface area contributed by atoms with Crippen molar-refractivity contribution in [2.45, 2.75) is 46.6 Å². The SMILES string of the molecule is Cc1cc2c(o1)CC(C)(C)CC2NC(=O)c1nnn(-c2cccc([N+](=O)[O-])c2)c1C. The smallest absolute Gasteiger partial charge is 0.274 e. The molecule has 0 spiro atoms. The molecule has 1 atom stereocenters. The van der Waals surface area contributed by atoms with Crippen LogP contribution >= 0.6 is 0 Å². The Kier molecular flexibility index (Phi) is 4.68. The summed E-state index contributed by atoms with van der Waals surface area (Å²) < 4.78 is 7.27. The third-order valence-electron chi connectivity index (χ3n) is 5.44. The number of benzene rings is 1. The molecule has 1 aliphatic carbocycles. The zero-order chi connectivity index (χ0) is 21.6. The zero-order valence-corrected chi connectivity index (χ0v) is 17.3. The van der Waals surface area contributed by atoms with E-state index >= 15 is 0 Å². The maximum Gasteiger partial charge on any atom is 0.274 e. The topological polar surface area (TPSA) is 116 Å². The molecule has 156 valence electrons. The van der Waals surface area contributed by atoms with Crippen LogP contribution in [0.3, 0.4) is 0 Å². The first-order valence-electron chi connectivity index (χ1n) is 9.72. The summed E-state index contributed by atoms with van der Waals surface area (Å²) in [5.41, 5.74) is 2.10. The van der Waals surface area contributed by atoms with Crippen molar-refractivity contribution in [3.63, 3.8) is 0 Å². The van der Waals surface area contributed by atoms with Gasteiger partial charge in [-0.15, -0.1) is 5.10 Å². The standard InChI is InChI=1S/C21H23N5O4/c1-12-8-16-17(10-21(3,4)11-18(16)30-12)22-20(27)19-13(2)25(24-23-19)14-6-5-7-15(9-14)26(28)29/h5-9,17H,10-11H2,1-4H3,(H,22,27). The largest absolute Gasteiger partial charge is 0.466 e. The average Bonchev–Trinajstić information content (AvgIpc) is 3.23. The first-order valence-corrected chi connectivity index (χ1v) is 9.72. The van der Waals surface area contributed by atoms with Gasteiger partial charge in [-0.05, 0) is 37.8 Å². The summed E-state index contributed by atoms with van der Waals surface area (Å²) in [5, 5.41) is 22.2. The highest BCUT2D eigenvalue weighted by atomic mass is 16.6. The lowest BCUT2D eigenvalue weighted by Crippen LogP contribution is -2.36. The van der Waals surface area contributed by atoms with Gasteiger partial charge in [0.1, 0.15) is 11.5 Å². The number of hydrogen-bond acceptors (Lipinski definition) is 6. The van der Waals surface area contributed by atoms with Crippen molar-refractivity contribution in [3.8, 4) is 5.69 Å². The van der Waals surface area contributed by atoms with Crippen molar-refractivity contribution in [3.05, 3.63) is 68.9 Å². The van der Waals surface area contributed by atoms with Crippen molar-refractivity contribution in [2.24, 2.45) is 5.41 Å². The Morgan fingerprint density at radius 3 is 2.83 bits per heavy atom. The molecule has 0 aliphatic heterocycles. The molecule has 30 heavy (non-hydrogen) atoms. The van der Waals surface area contributed by atoms with Gasteiger partial charge in [-0.1, -0.05) is 25.1 Å². The molecule has 0 saturated heterocycles. The number of nitrogens with zero attached hydrogens (tertiary/aromatic N) is 4. The summed E-state index contributed by atoms with van der Waals surface area (Å²) in [4.78, 5) is 23.6. The van der Waals surface area contributed by atoms with Gasteiger partial charge < -0.3 is 9.73 Å². The van der Waals surface area contributed by atoms with E-state index < -0.39 is 4.92 Å². The molecule has 2 heterocycles. The van der Waals surface area contributed by atoms with Crippen molar-refractivity contribution in [1.82, 2.24) is 20.3 Å². The lowest BCUT2D eigenvalue weighted by atomic mass is 9.74. The summed E-state index contributed by atoms with van der Waals surface area (Å²) in [6.45, 7) is 7.92. The third-order valence-corrected chi connectivity index (χ3v) is 5.44. The zero-order valence-electron chi connectivity index (χ0n) is 17.3. The van der Waals surface area contributed by atoms with E-state index in [9.17, 15) is 14.9 Å². The van der Waals surface area contributed by atoms with Gasteiger partial charge in [0, 0.05) is 24.1 Å². The Balaban J connectivity index is 1.61. The van der Waals surface area contributed by atoms with E-state index in [2.05, 4.69) is 29.5 Å². The van der Waals surface area contributed by atoms with E-state index in [0.29, 0.717) is 11.4 Å². The van der Waals surface area contributed by atoms with Crippen LogP contribution < -0.4 is 5.32 Å². The van der Waals surface area contributed by atoms with E-state index in [0.717, 1.165) is 29.9 Å². The number of nitro groups is 1. The van der Waals surface area contributed by atoms with Gasteiger partial charge in [-0.2, -0.15) is 0 Å². The van der Waals surface area contributed by atoms with Crippen LogP contribution in [0.15, 0.2) is 34.7 Å². The fourth-order valence-corrected chi connectivity index (χ4v) is 4.06. The van der Waals surface area contributed by atoms with Crippen molar-refractivity contribution in [2.75, 3.05) is 0 Å². The van der Waals surface area contributed by atoms with E-state index in [1.807, 2.05) is 13.0 Å². The quantitative estimate of drug-likeness (QED) is 0.517. The van der Waals surface area contributed by atoms with E-state index in [1.165, 1.54) is 16.8 Å². The highest BCUT2D eigenvalue weighted by Crippen LogP contribution is 2.42. The monoisotopic (exact) mass is 409 g/mol. The maximum absolute atomic E-state index is 13.0. The van der Waals surface area contributed by atoms with Gasteiger partial charge in [0.2, 0.25) is 0 Å². The summed E-state index contributed by atoms with van der Waals surface area (Å²) in [5.74, 6) is 1.40. The highest BCUT2D eigenvalue weighted by molar-refractivity contribution is 5.93. The number of furan rings is 1. The van der Waals surface area contributed by atoms with Crippen LogP contribution in [-0.4, -0.2) is 25.8 Å². The fraction of sp³-hybridized carbons (Fsp3) is 0.381. The van der Waals surface area contributed by atoms with Gasteiger partial charge in [0.05, 0.1) is 22.3 Å². The highest BCUT2D eigenvalue weighted by Gasteiger charge is 2.36. The summed E-state index contributed by atoms with van der Waals surface area (Å²) in [6.07, 6.45) is 1.60. The molecule has 1 N–H and O–H groups in total. The van der Waals surface area contributed by atoms with Gasteiger partial charge >= 0.3 is 0 Å². The minimum atomic E-state index is -0.474. The number of aromatic nitrogens is 3. The second-order valence-electron chi connectivity index (χ2n) is 8.52. The molecule has 1 unspecified atom stereocenters. The van der Waals surface area contributed by atoms with Crippen LogP contribution in [0.1, 0.15) is 59.6 Å². The van der Waals surface area contributed by atoms with Gasteiger partial charge in [-0.25, -0.2) is 4.68 Å². The number of hydrogen-bond donors (Lipinski definition) is 1. The van der Waals surface area contributed by atoms with Crippen molar-refractivity contribution in [1.29, 1.82) is 0 Å². The maximum atomic E-state index is 13.0. The van der Waals surface area contributed by atoms with Crippen molar-refractivity contribution < 1.29 is 14.1 Å². The average molecular weight is 409 g/mol. The molecule has 1 amide bonds. The van der Waals surface area contributed by atoms with Gasteiger partial charge in [0.25, 0.3) is 11.6 Å². The van der Waals surface area contributed by atoms with Gasteiger partial charge in [0.15, 0.2) is 5.69 Å². The lowest BCUT2D eigenvalue weighted by Gasteiger charge is -2.34. The van der Waals surface area contributed by atoms with E-state index in [1.54, 1.807) is 19.1 Å². The number of amides is 1. The van der Waals surface area contributed by atoms with E-state index in [-0.39, 0.29) is 28.7 Å². The number of non-ortho nitro benzene ring substituents is 1. The molecule has 3 aromatic rings. The van der Waals surface area contributed by atoms with Crippen LogP contribution in [0.5, 0.6) is 0 Å². The molecule has 0 fully saturated rings. The molecule has 0 saturated carbocycles. The van der Waals surface area contributed by atoms with E-state index in [4.69, 9.17) is 4.42 Å². The fourth-order valence-electron chi connectivity index (χ4n) is 4.06. The number of carbonyl (C=O) groups excluding carboxylic acids is 1. The Morgan fingerprint density at radius 1 is 1.33 bits per heavy atom. The predicted octanol–water partition coefficient (Wildman–Crippen LogP) is 3.83. The van der Waals surface area contributed by atoms with Crippen molar-refractivity contribution >= 4 is 11.6 Å². The van der Waals surface area contributed by atoms with Crippen LogP contribution in [0.25, 0.3) is 5.69 Å². The Hall–Kier alpha value is -3.49. The Bertz CT molecular complexity index is 1140. The number of rotatable bonds is 4. The summed E-state index contributed by atoms with van der Waals surface area (Å²) >= 11 is 0. The number of nitrogens with one attached hydrogen (secondary N) is 1. The molecule has 9 heteroatoms. The Labute approximate surface area is 173 Å². The molecule has 0 bridgehead atoms. The van der Waals surface area contributed by atoms with Crippen LogP contribution in [0.2, 0.25) is 0 Å². The van der Waals surface area contributed by atoms with Gasteiger partial charge in [-0.3, -0.25) is 14.9 Å². The number of aryl methyl sites for hydroxylation is 1. The van der Waals surface area contributed by atoms with Crippen LogP contribution in [0.4, 0.5) is 5.69 Å². The second kappa shape index (κ2) is 7.08. The minimum absolute atomic E-state index is 0.00906. The second-order valence-corrected chi connectivity index (χ2v) is 8.52. The molecule has 9 nitrogen and oxygen atoms in total. The summed E-state index contributed by atoms with van der Waals surface area (Å²) in [6, 6.07) is 7.84. The number of carbonyl (C=O) groups is 1. The molecule has 1 aliphatic rings. The summed E-state index contributed by atoms with van der Waals surface area (Å²) in [7, 11) is 0. The third kappa shape index (κ3) is 3.58. The Morgan fingerprint density at radius 2 is 2.10 bits per heavy atom. The lowest BCUT2D eigenvalue weighted by molar-refractivity contribution is -0.384. The normalized spacial score (nSPS) is 17.4. The van der Waals surface area contributed by atoms with Crippen LogP contribution in [0, 0.1) is 29.4 Å².